The van der Waals surface area contributed by atoms with Crippen LogP contribution in [0.1, 0.15) is 36.5 Å². The van der Waals surface area contributed by atoms with Crippen molar-refractivity contribution in [2.24, 2.45) is 0 Å². The summed E-state index contributed by atoms with van der Waals surface area (Å²) in [5, 5.41) is 3.35. The lowest BCUT2D eigenvalue weighted by Gasteiger charge is -2.12. The van der Waals surface area contributed by atoms with Crippen LogP contribution in [0, 0.1) is 12.7 Å². The normalized spacial score (nSPS) is 10.9. The lowest BCUT2D eigenvalue weighted by atomic mass is 10.0. The fourth-order valence-electron chi connectivity index (χ4n) is 2.05. The highest BCUT2D eigenvalue weighted by Crippen LogP contribution is 2.24. The van der Waals surface area contributed by atoms with E-state index in [-0.39, 0.29) is 5.82 Å². The first-order valence-corrected chi connectivity index (χ1v) is 7.55. The zero-order valence-electron chi connectivity index (χ0n) is 12.0. The average molecular weight is 336 g/mol. The maximum atomic E-state index is 13.4. The van der Waals surface area contributed by atoms with E-state index >= 15 is 0 Å². The standard InChI is InChI=1S/C17H19BrFN/c1-11(2)14-6-4-13(5-7-14)10-20-17-9-15(18)16(19)8-12(17)3/h4-9,11,20H,10H2,1-3H3. The van der Waals surface area contributed by atoms with Crippen LogP contribution >= 0.6 is 15.9 Å². The quantitative estimate of drug-likeness (QED) is 0.763. The molecule has 0 fully saturated rings. The van der Waals surface area contributed by atoms with E-state index in [4.69, 9.17) is 0 Å². The Morgan fingerprint density at radius 1 is 1.15 bits per heavy atom. The molecule has 0 aliphatic carbocycles. The fourth-order valence-corrected chi connectivity index (χ4v) is 2.40. The van der Waals surface area contributed by atoms with Gasteiger partial charge in [0.15, 0.2) is 0 Å². The van der Waals surface area contributed by atoms with E-state index in [9.17, 15) is 4.39 Å². The van der Waals surface area contributed by atoms with E-state index in [1.807, 2.05) is 6.92 Å². The molecule has 0 heterocycles. The zero-order chi connectivity index (χ0) is 14.7. The lowest BCUT2D eigenvalue weighted by molar-refractivity contribution is 0.620. The van der Waals surface area contributed by atoms with Gasteiger partial charge in [0, 0.05) is 12.2 Å². The Bertz CT molecular complexity index is 591. The van der Waals surface area contributed by atoms with Crippen LogP contribution in [0.2, 0.25) is 0 Å². The number of rotatable bonds is 4. The summed E-state index contributed by atoms with van der Waals surface area (Å²) >= 11 is 3.22. The Kier molecular flexibility index (Phi) is 4.81. The van der Waals surface area contributed by atoms with Gasteiger partial charge >= 0.3 is 0 Å². The molecular weight excluding hydrogens is 317 g/mol. The number of hydrogen-bond donors (Lipinski definition) is 1. The number of nitrogens with one attached hydrogen (secondary N) is 1. The number of benzene rings is 2. The molecule has 0 bridgehead atoms. The van der Waals surface area contributed by atoms with Crippen LogP contribution in [0.3, 0.4) is 0 Å². The van der Waals surface area contributed by atoms with Gasteiger partial charge in [-0.25, -0.2) is 4.39 Å². The molecule has 0 radical (unpaired) electrons. The molecule has 0 atom stereocenters. The molecule has 3 heteroatoms. The first-order valence-electron chi connectivity index (χ1n) is 6.75. The van der Waals surface area contributed by atoms with Crippen LogP contribution in [0.25, 0.3) is 0 Å². The number of anilines is 1. The highest BCUT2D eigenvalue weighted by atomic mass is 79.9. The number of hydrogen-bond acceptors (Lipinski definition) is 1. The molecule has 20 heavy (non-hydrogen) atoms. The van der Waals surface area contributed by atoms with Crippen molar-refractivity contribution >= 4 is 21.6 Å². The molecule has 0 aliphatic heterocycles. The van der Waals surface area contributed by atoms with Gasteiger partial charge < -0.3 is 5.32 Å². The van der Waals surface area contributed by atoms with E-state index in [1.54, 1.807) is 6.07 Å². The van der Waals surface area contributed by atoms with Gasteiger partial charge in [0.25, 0.3) is 0 Å². The highest BCUT2D eigenvalue weighted by molar-refractivity contribution is 9.10. The van der Waals surface area contributed by atoms with Gasteiger partial charge in [0.2, 0.25) is 0 Å². The minimum absolute atomic E-state index is 0.227. The molecule has 1 nitrogen and oxygen atoms in total. The third-order valence-corrected chi connectivity index (χ3v) is 4.00. The fraction of sp³-hybridized carbons (Fsp3) is 0.294. The van der Waals surface area contributed by atoms with Crippen molar-refractivity contribution in [3.63, 3.8) is 0 Å². The Morgan fingerprint density at radius 3 is 2.40 bits per heavy atom. The van der Waals surface area contributed by atoms with Crippen molar-refractivity contribution in [3.05, 3.63) is 63.4 Å². The molecule has 106 valence electrons. The summed E-state index contributed by atoms with van der Waals surface area (Å²) in [7, 11) is 0. The summed E-state index contributed by atoms with van der Waals surface area (Å²) in [6.07, 6.45) is 0. The first kappa shape index (κ1) is 15.0. The van der Waals surface area contributed by atoms with Gasteiger partial charge in [-0.05, 0) is 57.6 Å². The second kappa shape index (κ2) is 6.40. The molecule has 1 N–H and O–H groups in total. The Balaban J connectivity index is 2.07. The van der Waals surface area contributed by atoms with E-state index in [1.165, 1.54) is 17.2 Å². The van der Waals surface area contributed by atoms with Crippen molar-refractivity contribution in [1.29, 1.82) is 0 Å². The summed E-state index contributed by atoms with van der Waals surface area (Å²) in [6.45, 7) is 7.01. The SMILES string of the molecule is Cc1cc(F)c(Br)cc1NCc1ccc(C(C)C)cc1. The van der Waals surface area contributed by atoms with Crippen LogP contribution in [0.15, 0.2) is 40.9 Å². The molecule has 2 aromatic carbocycles. The van der Waals surface area contributed by atoms with Crippen molar-refractivity contribution in [3.8, 4) is 0 Å². The van der Waals surface area contributed by atoms with Crippen molar-refractivity contribution in [1.82, 2.24) is 0 Å². The topological polar surface area (TPSA) is 12.0 Å². The second-order valence-corrected chi connectivity index (χ2v) is 6.19. The predicted octanol–water partition coefficient (Wildman–Crippen LogP) is 5.63. The Morgan fingerprint density at radius 2 is 1.80 bits per heavy atom. The van der Waals surface area contributed by atoms with Crippen LogP contribution in [0.4, 0.5) is 10.1 Å². The van der Waals surface area contributed by atoms with Crippen LogP contribution in [0.5, 0.6) is 0 Å². The Hall–Kier alpha value is -1.35. The summed E-state index contributed by atoms with van der Waals surface area (Å²) in [4.78, 5) is 0. The average Bonchev–Trinajstić information content (AvgIpc) is 2.42. The smallest absolute Gasteiger partial charge is 0.137 e. The predicted molar refractivity (Wildman–Crippen MR) is 86.7 cm³/mol. The largest absolute Gasteiger partial charge is 0.381 e. The first-order chi connectivity index (χ1) is 9.47. The number of halogens is 2. The van der Waals surface area contributed by atoms with E-state index in [2.05, 4.69) is 59.4 Å². The molecular formula is C17H19BrFN. The molecule has 0 unspecified atom stereocenters. The van der Waals surface area contributed by atoms with Crippen LogP contribution in [-0.4, -0.2) is 0 Å². The third-order valence-electron chi connectivity index (χ3n) is 3.40. The molecule has 2 aromatic rings. The summed E-state index contributed by atoms with van der Waals surface area (Å²) in [6, 6.07) is 11.9. The molecule has 0 amide bonds. The Labute approximate surface area is 128 Å². The van der Waals surface area contributed by atoms with Crippen molar-refractivity contribution in [2.45, 2.75) is 33.2 Å². The summed E-state index contributed by atoms with van der Waals surface area (Å²) in [5.74, 6) is 0.321. The van der Waals surface area contributed by atoms with Gasteiger partial charge in [-0.2, -0.15) is 0 Å². The number of aryl methyl sites for hydroxylation is 1. The van der Waals surface area contributed by atoms with Crippen LogP contribution < -0.4 is 5.32 Å². The van der Waals surface area contributed by atoms with Gasteiger partial charge in [-0.1, -0.05) is 38.1 Å². The summed E-state index contributed by atoms with van der Waals surface area (Å²) < 4.78 is 13.9. The van der Waals surface area contributed by atoms with E-state index in [0.717, 1.165) is 17.8 Å². The lowest BCUT2D eigenvalue weighted by Crippen LogP contribution is -2.02. The third kappa shape index (κ3) is 3.60. The summed E-state index contributed by atoms with van der Waals surface area (Å²) in [5.41, 5.74) is 4.42. The molecule has 2 rings (SSSR count). The van der Waals surface area contributed by atoms with E-state index in [0.29, 0.717) is 10.4 Å². The van der Waals surface area contributed by atoms with Gasteiger partial charge in [0.1, 0.15) is 5.82 Å². The molecule has 0 aromatic heterocycles. The zero-order valence-corrected chi connectivity index (χ0v) is 13.6. The molecule has 0 aliphatic rings. The maximum absolute atomic E-state index is 13.4. The van der Waals surface area contributed by atoms with Crippen molar-refractivity contribution < 1.29 is 4.39 Å². The highest BCUT2D eigenvalue weighted by Gasteiger charge is 2.05. The minimum Gasteiger partial charge on any atom is -0.381 e. The molecule has 0 spiro atoms. The molecule has 0 saturated heterocycles. The van der Waals surface area contributed by atoms with Crippen molar-refractivity contribution in [2.75, 3.05) is 5.32 Å². The monoisotopic (exact) mass is 335 g/mol. The second-order valence-electron chi connectivity index (χ2n) is 5.33. The molecule has 0 saturated carbocycles. The van der Waals surface area contributed by atoms with Gasteiger partial charge in [-0.15, -0.1) is 0 Å². The van der Waals surface area contributed by atoms with E-state index < -0.39 is 0 Å². The minimum atomic E-state index is -0.227. The maximum Gasteiger partial charge on any atom is 0.137 e. The van der Waals surface area contributed by atoms with Gasteiger partial charge in [0.05, 0.1) is 4.47 Å². The van der Waals surface area contributed by atoms with Gasteiger partial charge in [-0.3, -0.25) is 0 Å². The van der Waals surface area contributed by atoms with Crippen LogP contribution in [-0.2, 0) is 6.54 Å².